The van der Waals surface area contributed by atoms with E-state index in [1.165, 1.54) is 19.4 Å². The fourth-order valence-electron chi connectivity index (χ4n) is 4.10. The monoisotopic (exact) mass is 551 g/mol. The number of benzene rings is 2. The van der Waals surface area contributed by atoms with Crippen molar-refractivity contribution in [2.45, 2.75) is 26.2 Å². The Balaban J connectivity index is 1.75. The van der Waals surface area contributed by atoms with Crippen LogP contribution in [0, 0.1) is 0 Å². The molecule has 204 valence electrons. The van der Waals surface area contributed by atoms with Crippen molar-refractivity contribution >= 4 is 44.5 Å². The zero-order valence-corrected chi connectivity index (χ0v) is 23.2. The predicted octanol–water partition coefficient (Wildman–Crippen LogP) is 4.50. The molecule has 4 rings (SSSR count). The van der Waals surface area contributed by atoms with Gasteiger partial charge in [-0.3, -0.25) is 14.3 Å². The van der Waals surface area contributed by atoms with Gasteiger partial charge in [0.05, 0.1) is 30.3 Å². The van der Waals surface area contributed by atoms with Gasteiger partial charge in [0.1, 0.15) is 5.69 Å². The van der Waals surface area contributed by atoms with Crippen LogP contribution in [0.15, 0.2) is 48.7 Å². The summed E-state index contributed by atoms with van der Waals surface area (Å²) in [6.07, 6.45) is 2.99. The molecule has 1 amide bonds. The van der Waals surface area contributed by atoms with E-state index in [4.69, 9.17) is 9.47 Å². The molecular weight excluding hydrogens is 522 g/mol. The summed E-state index contributed by atoms with van der Waals surface area (Å²) in [5.41, 5.74) is 1.91. The number of fused-ring (bicyclic) bond motifs is 1. The van der Waals surface area contributed by atoms with Crippen LogP contribution in [-0.4, -0.2) is 48.5 Å². The van der Waals surface area contributed by atoms with Gasteiger partial charge in [-0.25, -0.2) is 13.4 Å². The van der Waals surface area contributed by atoms with Gasteiger partial charge in [-0.15, -0.1) is 0 Å². The fraction of sp³-hybridized carbons (Fsp3) is 0.259. The predicted molar refractivity (Wildman–Crippen MR) is 149 cm³/mol. The molecule has 0 bridgehead atoms. The van der Waals surface area contributed by atoms with Gasteiger partial charge in [-0.1, -0.05) is 32.9 Å². The first-order chi connectivity index (χ1) is 18.3. The maximum absolute atomic E-state index is 13.6. The van der Waals surface area contributed by atoms with Crippen LogP contribution in [-0.2, 0) is 22.5 Å². The van der Waals surface area contributed by atoms with Crippen molar-refractivity contribution in [3.05, 3.63) is 65.7 Å². The lowest BCUT2D eigenvalue weighted by Gasteiger charge is -2.24. The molecule has 0 atom stereocenters. The summed E-state index contributed by atoms with van der Waals surface area (Å²) < 4.78 is 39.7. The van der Waals surface area contributed by atoms with Gasteiger partial charge in [-0.05, 0) is 35.2 Å². The number of ether oxygens (including phenoxy) is 2. The molecule has 0 spiro atoms. The van der Waals surface area contributed by atoms with E-state index in [9.17, 15) is 18.0 Å². The van der Waals surface area contributed by atoms with E-state index in [1.807, 2.05) is 26.8 Å². The number of carbonyl (C=O) groups excluding carboxylic acids is 2. The zero-order valence-electron chi connectivity index (χ0n) is 22.4. The second-order valence-corrected chi connectivity index (χ2v) is 11.7. The minimum atomic E-state index is -3.62. The number of aryl methyl sites for hydroxylation is 1. The Morgan fingerprint density at radius 1 is 1.10 bits per heavy atom. The summed E-state index contributed by atoms with van der Waals surface area (Å²) in [6, 6.07) is 12.0. The molecule has 2 aromatic carbocycles. The Kier molecular flexibility index (Phi) is 7.33. The van der Waals surface area contributed by atoms with Gasteiger partial charge in [0.25, 0.3) is 5.91 Å². The number of sulfonamides is 1. The number of carbonyl (C=O) groups is 2. The van der Waals surface area contributed by atoms with E-state index in [0.29, 0.717) is 28.9 Å². The highest BCUT2D eigenvalue weighted by molar-refractivity contribution is 7.92. The highest BCUT2D eigenvalue weighted by Gasteiger charge is 2.24. The van der Waals surface area contributed by atoms with E-state index in [0.717, 1.165) is 17.2 Å². The summed E-state index contributed by atoms with van der Waals surface area (Å²) >= 11 is 0. The number of rotatable bonds is 8. The summed E-state index contributed by atoms with van der Waals surface area (Å²) in [7, 11) is -0.493. The Morgan fingerprint density at radius 3 is 2.46 bits per heavy atom. The molecule has 0 unspecified atom stereocenters. The summed E-state index contributed by atoms with van der Waals surface area (Å²) in [4.78, 5) is 32.5. The maximum Gasteiger partial charge on any atom is 0.272 e. The van der Waals surface area contributed by atoms with E-state index in [1.54, 1.807) is 41.9 Å². The summed E-state index contributed by atoms with van der Waals surface area (Å²) in [5, 5.41) is 3.62. The van der Waals surface area contributed by atoms with Crippen molar-refractivity contribution in [2.24, 2.45) is 7.05 Å². The van der Waals surface area contributed by atoms with Crippen molar-refractivity contribution in [1.29, 1.82) is 0 Å². The zero-order chi connectivity index (χ0) is 28.5. The normalized spacial score (nSPS) is 11.7. The average molecular weight is 552 g/mol. The molecule has 2 aromatic heterocycles. The molecule has 0 aliphatic carbocycles. The van der Waals surface area contributed by atoms with Gasteiger partial charge in [0, 0.05) is 24.7 Å². The molecule has 0 saturated carbocycles. The van der Waals surface area contributed by atoms with E-state index in [-0.39, 0.29) is 28.6 Å². The largest absolute Gasteiger partial charge is 0.492 e. The minimum Gasteiger partial charge on any atom is -0.492 e. The van der Waals surface area contributed by atoms with Crippen LogP contribution in [0.4, 0.5) is 11.4 Å². The molecular formula is C27H29N5O6S. The van der Waals surface area contributed by atoms with Crippen LogP contribution in [0.3, 0.4) is 0 Å². The molecule has 12 heteroatoms. The van der Waals surface area contributed by atoms with Crippen LogP contribution >= 0.6 is 0 Å². The number of hydrogen-bond acceptors (Lipinski definition) is 8. The first-order valence-electron chi connectivity index (χ1n) is 11.9. The van der Waals surface area contributed by atoms with Crippen molar-refractivity contribution in [2.75, 3.05) is 23.4 Å². The van der Waals surface area contributed by atoms with Crippen LogP contribution < -0.4 is 19.5 Å². The third-order valence-corrected chi connectivity index (χ3v) is 6.51. The molecule has 2 N–H and O–H groups in total. The number of amides is 1. The van der Waals surface area contributed by atoms with E-state index < -0.39 is 15.9 Å². The summed E-state index contributed by atoms with van der Waals surface area (Å²) in [5.74, 6) is 0.333. The van der Waals surface area contributed by atoms with Gasteiger partial charge in [-0.2, -0.15) is 4.98 Å². The van der Waals surface area contributed by atoms with Gasteiger partial charge in [0.15, 0.2) is 23.6 Å². The quantitative estimate of drug-likeness (QED) is 0.305. The van der Waals surface area contributed by atoms with Crippen molar-refractivity contribution in [1.82, 2.24) is 14.5 Å². The SMILES string of the molecule is COc1c(NC(=O)c2cc3cccc(Oc4ccnc(C=O)n4)c3n2C)cc(C(C)(C)C)cc1NS(C)(=O)=O. The lowest BCUT2D eigenvalue weighted by Crippen LogP contribution is -2.19. The van der Waals surface area contributed by atoms with Gasteiger partial charge in [0.2, 0.25) is 15.9 Å². The first kappa shape index (κ1) is 27.6. The highest BCUT2D eigenvalue weighted by atomic mass is 32.2. The molecule has 4 aromatic rings. The van der Waals surface area contributed by atoms with Crippen LogP contribution in [0.5, 0.6) is 17.4 Å². The van der Waals surface area contributed by atoms with Crippen LogP contribution in [0.2, 0.25) is 0 Å². The standard InChI is InChI=1S/C27H29N5O6S/c1-27(2,3)17-13-18(25(37-5)19(14-17)31-39(6,35)36)29-26(34)20-12-16-8-7-9-21(24(16)32(20)4)38-23-10-11-28-22(15-33)30-23/h7-15,31H,1-6H3,(H,29,34). The number of nitrogens with one attached hydrogen (secondary N) is 2. The maximum atomic E-state index is 13.6. The average Bonchev–Trinajstić information content (AvgIpc) is 3.20. The van der Waals surface area contributed by atoms with Crippen molar-refractivity contribution < 1.29 is 27.5 Å². The Bertz CT molecular complexity index is 1690. The van der Waals surface area contributed by atoms with Crippen molar-refractivity contribution in [3.63, 3.8) is 0 Å². The lowest BCUT2D eigenvalue weighted by molar-refractivity contribution is 0.101. The third kappa shape index (κ3) is 6.01. The lowest BCUT2D eigenvalue weighted by atomic mass is 9.86. The molecule has 0 aliphatic heterocycles. The minimum absolute atomic E-state index is 0.0113. The molecule has 0 fully saturated rings. The molecule has 11 nitrogen and oxygen atoms in total. The summed E-state index contributed by atoms with van der Waals surface area (Å²) in [6.45, 7) is 5.93. The van der Waals surface area contributed by atoms with E-state index >= 15 is 0 Å². The smallest absolute Gasteiger partial charge is 0.272 e. The number of nitrogens with zero attached hydrogens (tertiary/aromatic N) is 3. The highest BCUT2D eigenvalue weighted by Crippen LogP contribution is 2.39. The second-order valence-electron chi connectivity index (χ2n) is 9.94. The number of methoxy groups -OCH3 is 1. The number of aldehydes is 1. The topological polar surface area (TPSA) is 142 Å². The van der Waals surface area contributed by atoms with Crippen LogP contribution in [0.25, 0.3) is 10.9 Å². The molecule has 0 aliphatic rings. The van der Waals surface area contributed by atoms with Gasteiger partial charge < -0.3 is 19.4 Å². The van der Waals surface area contributed by atoms with Gasteiger partial charge >= 0.3 is 0 Å². The molecule has 39 heavy (non-hydrogen) atoms. The molecule has 0 radical (unpaired) electrons. The fourth-order valence-corrected chi connectivity index (χ4v) is 4.65. The van der Waals surface area contributed by atoms with Crippen LogP contribution in [0.1, 0.15) is 47.4 Å². The first-order valence-corrected chi connectivity index (χ1v) is 13.8. The van der Waals surface area contributed by atoms with Crippen molar-refractivity contribution in [3.8, 4) is 17.4 Å². The number of hydrogen-bond donors (Lipinski definition) is 2. The Morgan fingerprint density at radius 2 is 1.82 bits per heavy atom. The molecule has 2 heterocycles. The second kappa shape index (κ2) is 10.4. The number of aromatic nitrogens is 3. The Hall–Kier alpha value is -4.45. The third-order valence-electron chi connectivity index (χ3n) is 5.92. The van der Waals surface area contributed by atoms with E-state index in [2.05, 4.69) is 20.0 Å². The number of para-hydroxylation sites is 1. The molecule has 0 saturated heterocycles. The number of anilines is 2. The Labute approximate surface area is 226 Å².